The Morgan fingerprint density at radius 1 is 1.43 bits per heavy atom. The van der Waals surface area contributed by atoms with Crippen LogP contribution < -0.4 is 5.32 Å². The molecular weight excluding hydrogens is 176 g/mol. The summed E-state index contributed by atoms with van der Waals surface area (Å²) in [6.45, 7) is 6.05. The zero-order chi connectivity index (χ0) is 10.1. The van der Waals surface area contributed by atoms with E-state index < -0.39 is 0 Å². The molecule has 0 spiro atoms. The molecule has 76 valence electrons. The standard InChI is InChI=1S/C11H16N2O/c1-2-14-9-3-6-13-10-11-4-7-12-8-5-11/h2,4-5,7-8,13H,1,3,6,9-10H2. The highest BCUT2D eigenvalue weighted by Gasteiger charge is 1.90. The molecule has 3 heteroatoms. The molecule has 0 aliphatic rings. The minimum atomic E-state index is 0.729. The summed E-state index contributed by atoms with van der Waals surface area (Å²) in [5.74, 6) is 0. The SMILES string of the molecule is C=COCCCNCc1ccncc1. The van der Waals surface area contributed by atoms with E-state index in [2.05, 4.69) is 16.9 Å². The van der Waals surface area contributed by atoms with Crippen molar-refractivity contribution in [3.05, 3.63) is 42.9 Å². The maximum Gasteiger partial charge on any atom is 0.0885 e. The largest absolute Gasteiger partial charge is 0.502 e. The first-order valence-electron chi connectivity index (χ1n) is 4.75. The van der Waals surface area contributed by atoms with Gasteiger partial charge < -0.3 is 10.1 Å². The fraction of sp³-hybridized carbons (Fsp3) is 0.364. The van der Waals surface area contributed by atoms with Crippen LogP contribution in [0.15, 0.2) is 37.4 Å². The van der Waals surface area contributed by atoms with Crippen molar-refractivity contribution in [2.75, 3.05) is 13.2 Å². The van der Waals surface area contributed by atoms with Gasteiger partial charge in [-0.25, -0.2) is 0 Å². The topological polar surface area (TPSA) is 34.1 Å². The summed E-state index contributed by atoms with van der Waals surface area (Å²) < 4.78 is 5.00. The first kappa shape index (κ1) is 10.7. The van der Waals surface area contributed by atoms with Gasteiger partial charge in [-0.05, 0) is 30.7 Å². The second-order valence-corrected chi connectivity index (χ2v) is 2.92. The van der Waals surface area contributed by atoms with Crippen LogP contribution in [0.1, 0.15) is 12.0 Å². The summed E-state index contributed by atoms with van der Waals surface area (Å²) in [5, 5.41) is 3.32. The van der Waals surface area contributed by atoms with Crippen LogP contribution in [0.5, 0.6) is 0 Å². The molecule has 0 saturated carbocycles. The molecule has 0 amide bonds. The van der Waals surface area contributed by atoms with Gasteiger partial charge in [0.15, 0.2) is 0 Å². The molecule has 1 N–H and O–H groups in total. The van der Waals surface area contributed by atoms with E-state index in [9.17, 15) is 0 Å². The zero-order valence-electron chi connectivity index (χ0n) is 8.28. The van der Waals surface area contributed by atoms with Gasteiger partial charge in [-0.3, -0.25) is 4.98 Å². The number of pyridine rings is 1. The Morgan fingerprint density at radius 3 is 2.93 bits per heavy atom. The molecule has 0 fully saturated rings. The second kappa shape index (κ2) is 7.09. The summed E-state index contributed by atoms with van der Waals surface area (Å²) in [6.07, 6.45) is 6.08. The lowest BCUT2D eigenvalue weighted by molar-refractivity contribution is 0.244. The van der Waals surface area contributed by atoms with Crippen LogP contribution in [0, 0.1) is 0 Å². The molecule has 0 aliphatic heterocycles. The number of hydrogen-bond acceptors (Lipinski definition) is 3. The van der Waals surface area contributed by atoms with Crippen molar-refractivity contribution in [1.82, 2.24) is 10.3 Å². The average molecular weight is 192 g/mol. The van der Waals surface area contributed by atoms with Crippen molar-refractivity contribution in [1.29, 1.82) is 0 Å². The van der Waals surface area contributed by atoms with Crippen LogP contribution in [0.4, 0.5) is 0 Å². The van der Waals surface area contributed by atoms with Gasteiger partial charge in [-0.1, -0.05) is 6.58 Å². The molecule has 0 saturated heterocycles. The van der Waals surface area contributed by atoms with Crippen LogP contribution in [-0.2, 0) is 11.3 Å². The predicted octanol–water partition coefficient (Wildman–Crippen LogP) is 1.72. The Labute approximate surface area is 84.8 Å². The average Bonchev–Trinajstić information content (AvgIpc) is 2.25. The molecule has 1 aromatic rings. The van der Waals surface area contributed by atoms with Gasteiger partial charge in [0.2, 0.25) is 0 Å². The van der Waals surface area contributed by atoms with Crippen molar-refractivity contribution in [3.63, 3.8) is 0 Å². The zero-order valence-corrected chi connectivity index (χ0v) is 8.28. The van der Waals surface area contributed by atoms with Crippen LogP contribution in [0.2, 0.25) is 0 Å². The van der Waals surface area contributed by atoms with Gasteiger partial charge >= 0.3 is 0 Å². The highest BCUT2D eigenvalue weighted by molar-refractivity contribution is 5.08. The van der Waals surface area contributed by atoms with Gasteiger partial charge in [-0.2, -0.15) is 0 Å². The van der Waals surface area contributed by atoms with Crippen LogP contribution >= 0.6 is 0 Å². The van der Waals surface area contributed by atoms with Crippen molar-refractivity contribution >= 4 is 0 Å². The number of ether oxygens (including phenoxy) is 1. The van der Waals surface area contributed by atoms with Gasteiger partial charge in [-0.15, -0.1) is 0 Å². The summed E-state index contributed by atoms with van der Waals surface area (Å²) in [7, 11) is 0. The highest BCUT2D eigenvalue weighted by atomic mass is 16.5. The maximum atomic E-state index is 5.00. The normalized spacial score (nSPS) is 9.71. The van der Waals surface area contributed by atoms with Crippen LogP contribution in [0.3, 0.4) is 0 Å². The molecule has 1 aromatic heterocycles. The summed E-state index contributed by atoms with van der Waals surface area (Å²) in [5.41, 5.74) is 1.25. The van der Waals surface area contributed by atoms with E-state index in [0.29, 0.717) is 0 Å². The first-order valence-corrected chi connectivity index (χ1v) is 4.75. The monoisotopic (exact) mass is 192 g/mol. The summed E-state index contributed by atoms with van der Waals surface area (Å²) in [6, 6.07) is 4.01. The molecule has 0 aliphatic carbocycles. The van der Waals surface area contributed by atoms with E-state index in [-0.39, 0.29) is 0 Å². The molecule has 0 atom stereocenters. The third kappa shape index (κ3) is 4.62. The van der Waals surface area contributed by atoms with Crippen molar-refractivity contribution in [2.45, 2.75) is 13.0 Å². The van der Waals surface area contributed by atoms with Gasteiger partial charge in [0.05, 0.1) is 12.9 Å². The fourth-order valence-corrected chi connectivity index (χ4v) is 1.10. The number of rotatable bonds is 7. The minimum absolute atomic E-state index is 0.729. The molecule has 1 heterocycles. The third-order valence-electron chi connectivity index (χ3n) is 1.81. The molecule has 0 radical (unpaired) electrons. The minimum Gasteiger partial charge on any atom is -0.502 e. The molecular formula is C11H16N2O. The molecule has 0 aromatic carbocycles. The van der Waals surface area contributed by atoms with E-state index in [0.717, 1.165) is 26.1 Å². The Kier molecular flexibility index (Phi) is 5.43. The van der Waals surface area contributed by atoms with Crippen molar-refractivity contribution < 1.29 is 4.74 Å². The molecule has 1 rings (SSSR count). The van der Waals surface area contributed by atoms with Crippen molar-refractivity contribution in [3.8, 4) is 0 Å². The number of hydrogen-bond donors (Lipinski definition) is 1. The van der Waals surface area contributed by atoms with E-state index in [1.165, 1.54) is 11.8 Å². The summed E-state index contributed by atoms with van der Waals surface area (Å²) in [4.78, 5) is 3.96. The van der Waals surface area contributed by atoms with E-state index in [1.807, 2.05) is 12.1 Å². The lowest BCUT2D eigenvalue weighted by Crippen LogP contribution is -2.15. The lowest BCUT2D eigenvalue weighted by Gasteiger charge is -2.04. The van der Waals surface area contributed by atoms with E-state index in [4.69, 9.17) is 4.74 Å². The molecule has 0 bridgehead atoms. The molecule has 14 heavy (non-hydrogen) atoms. The van der Waals surface area contributed by atoms with Gasteiger partial charge in [0.1, 0.15) is 0 Å². The first-order chi connectivity index (χ1) is 6.93. The summed E-state index contributed by atoms with van der Waals surface area (Å²) >= 11 is 0. The van der Waals surface area contributed by atoms with Crippen LogP contribution in [-0.4, -0.2) is 18.1 Å². The quantitative estimate of drug-likeness (QED) is 0.527. The smallest absolute Gasteiger partial charge is 0.0885 e. The molecule has 3 nitrogen and oxygen atoms in total. The van der Waals surface area contributed by atoms with Crippen LogP contribution in [0.25, 0.3) is 0 Å². The van der Waals surface area contributed by atoms with E-state index in [1.54, 1.807) is 12.4 Å². The van der Waals surface area contributed by atoms with Crippen molar-refractivity contribution in [2.24, 2.45) is 0 Å². The Balaban J connectivity index is 2.02. The Bertz CT molecular complexity index is 249. The third-order valence-corrected chi connectivity index (χ3v) is 1.81. The Hall–Kier alpha value is -1.35. The predicted molar refractivity (Wildman–Crippen MR) is 56.7 cm³/mol. The fourth-order valence-electron chi connectivity index (χ4n) is 1.10. The van der Waals surface area contributed by atoms with Gasteiger partial charge in [0.25, 0.3) is 0 Å². The van der Waals surface area contributed by atoms with E-state index >= 15 is 0 Å². The lowest BCUT2D eigenvalue weighted by atomic mass is 10.3. The maximum absolute atomic E-state index is 5.00. The Morgan fingerprint density at radius 2 is 2.21 bits per heavy atom. The highest BCUT2D eigenvalue weighted by Crippen LogP contribution is 1.94. The second-order valence-electron chi connectivity index (χ2n) is 2.92. The number of nitrogens with zero attached hydrogens (tertiary/aromatic N) is 1. The number of nitrogens with one attached hydrogen (secondary N) is 1. The molecule has 0 unspecified atom stereocenters. The van der Waals surface area contributed by atoms with Gasteiger partial charge in [0, 0.05) is 18.9 Å². The number of aromatic nitrogens is 1.